The third-order valence-electron chi connectivity index (χ3n) is 3.23. The first-order valence-electron chi connectivity index (χ1n) is 5.75. The van der Waals surface area contributed by atoms with Crippen molar-refractivity contribution < 1.29 is 39.4 Å². The lowest BCUT2D eigenvalue weighted by Crippen LogP contribution is -2.63. The molecule has 0 aromatic carbocycles. The van der Waals surface area contributed by atoms with Crippen LogP contribution in [0.3, 0.4) is 0 Å². The fourth-order valence-electron chi connectivity index (χ4n) is 1.69. The maximum Gasteiger partial charge on any atom is 0.427 e. The molecule has 0 unspecified atom stereocenters. The van der Waals surface area contributed by atoms with E-state index in [0.717, 1.165) is 7.05 Å². The maximum atomic E-state index is 13.5. The van der Waals surface area contributed by atoms with Crippen molar-refractivity contribution in [3.63, 3.8) is 0 Å². The number of nitrogens with zero attached hydrogens (tertiary/aromatic N) is 2. The minimum Gasteiger partial charge on any atom is -0.633 e. The highest BCUT2D eigenvalue weighted by atomic mass is 32.2. The Bertz CT molecular complexity index is 492. The van der Waals surface area contributed by atoms with Gasteiger partial charge in [-0.3, -0.25) is 0 Å². The number of alkyl halides is 6. The number of sulfonamides is 1. The molecule has 0 amide bonds. The zero-order valence-electron chi connectivity index (χ0n) is 11.1. The van der Waals surface area contributed by atoms with E-state index in [0.29, 0.717) is 0 Å². The first-order valence-corrected chi connectivity index (χ1v) is 7.19. The molecule has 0 aliphatic carbocycles. The quantitative estimate of drug-likeness (QED) is 0.441. The van der Waals surface area contributed by atoms with Crippen LogP contribution in [-0.4, -0.2) is 67.7 Å². The second-order valence-electron chi connectivity index (χ2n) is 5.13. The van der Waals surface area contributed by atoms with Crippen molar-refractivity contribution in [1.29, 1.82) is 0 Å². The van der Waals surface area contributed by atoms with Gasteiger partial charge in [0.1, 0.15) is 0 Å². The zero-order valence-corrected chi connectivity index (χ0v) is 11.9. The molecule has 1 fully saturated rings. The molecule has 1 saturated heterocycles. The Labute approximate surface area is 117 Å². The number of quaternary nitrogens is 1. The van der Waals surface area contributed by atoms with Gasteiger partial charge in [0.2, 0.25) is 0 Å². The normalized spacial score (nSPS) is 22.3. The summed E-state index contributed by atoms with van der Waals surface area (Å²) in [5, 5.41) is 5.48. The molecule has 1 aliphatic heterocycles. The van der Waals surface area contributed by atoms with Crippen LogP contribution in [0.15, 0.2) is 0 Å². The molecule has 0 aromatic heterocycles. The van der Waals surface area contributed by atoms with Crippen LogP contribution >= 0.6 is 0 Å². The van der Waals surface area contributed by atoms with Gasteiger partial charge in [0.25, 0.3) is 10.0 Å². The lowest BCUT2D eigenvalue weighted by molar-refractivity contribution is -0.864. The fraction of sp³-hybridized carbons (Fsp3) is 1.00. The second kappa shape index (κ2) is 4.96. The fourth-order valence-corrected chi connectivity index (χ4v) is 3.16. The van der Waals surface area contributed by atoms with Crippen molar-refractivity contribution >= 4 is 10.0 Å². The van der Waals surface area contributed by atoms with Crippen molar-refractivity contribution in [3.8, 4) is 0 Å². The molecule has 0 saturated carbocycles. The van der Waals surface area contributed by atoms with E-state index in [4.69, 9.17) is 0 Å². The van der Waals surface area contributed by atoms with Crippen molar-refractivity contribution in [3.05, 3.63) is 5.21 Å². The summed E-state index contributed by atoms with van der Waals surface area (Å²) in [5.41, 5.74) is 0. The van der Waals surface area contributed by atoms with Crippen molar-refractivity contribution in [2.75, 3.05) is 33.2 Å². The number of halogens is 6. The molecule has 126 valence electrons. The predicted octanol–water partition coefficient (Wildman–Crippen LogP) is 1.46. The number of hydrogen-bond donors (Lipinski definition) is 0. The second-order valence-corrected chi connectivity index (χ2v) is 7.11. The summed E-state index contributed by atoms with van der Waals surface area (Å²) < 4.78 is 101. The predicted molar refractivity (Wildman–Crippen MR) is 60.3 cm³/mol. The number of likely N-dealkylation sites (N-methyl/N-ethyl adjacent to an activating group) is 1. The van der Waals surface area contributed by atoms with Crippen LogP contribution in [-0.2, 0) is 10.0 Å². The van der Waals surface area contributed by atoms with Crippen LogP contribution < -0.4 is 0 Å². The summed E-state index contributed by atoms with van der Waals surface area (Å²) in [6.45, 7) is -2.86. The lowest BCUT2D eigenvalue weighted by Gasteiger charge is -2.45. The molecule has 21 heavy (non-hydrogen) atoms. The Morgan fingerprint density at radius 2 is 1.43 bits per heavy atom. The highest BCUT2D eigenvalue weighted by Crippen LogP contribution is 2.49. The highest BCUT2D eigenvalue weighted by Gasteiger charge is 2.76. The largest absolute Gasteiger partial charge is 0.633 e. The van der Waals surface area contributed by atoms with Gasteiger partial charge in [-0.1, -0.05) is 0 Å². The number of rotatable bonds is 4. The zero-order chi connectivity index (χ0) is 16.9. The van der Waals surface area contributed by atoms with Gasteiger partial charge in [0, 0.05) is 6.92 Å². The van der Waals surface area contributed by atoms with Crippen molar-refractivity contribution in [2.45, 2.75) is 24.0 Å². The van der Waals surface area contributed by atoms with Crippen LogP contribution in [0.5, 0.6) is 0 Å². The average molecular weight is 344 g/mol. The van der Waals surface area contributed by atoms with E-state index in [9.17, 15) is 40.0 Å². The molecule has 0 bridgehead atoms. The molecule has 1 aliphatic rings. The lowest BCUT2D eigenvalue weighted by atomic mass is 10.2. The van der Waals surface area contributed by atoms with E-state index in [-0.39, 0.29) is 4.31 Å². The Morgan fingerprint density at radius 3 is 1.76 bits per heavy atom. The van der Waals surface area contributed by atoms with Gasteiger partial charge in [0.15, 0.2) is 0 Å². The summed E-state index contributed by atoms with van der Waals surface area (Å²) in [4.78, 5) is 0. The Balaban J connectivity index is 3.13. The molecule has 12 heteroatoms. The minimum absolute atomic E-state index is 0.0510. The molecular formula is C9H14F6N2O3S. The van der Waals surface area contributed by atoms with E-state index in [1.165, 1.54) is 0 Å². The van der Waals surface area contributed by atoms with Crippen LogP contribution in [0.2, 0.25) is 0 Å². The van der Waals surface area contributed by atoms with Gasteiger partial charge in [-0.05, 0) is 0 Å². The summed E-state index contributed by atoms with van der Waals surface area (Å²) in [6, 6.07) is 0. The summed E-state index contributed by atoms with van der Waals surface area (Å²) >= 11 is 0. The smallest absolute Gasteiger partial charge is 0.427 e. The standard InChI is InChI=1S/C9H14F6N2O3S/c1-7(10,11)8(12,13)9(14,15)21(19,20)16-3-5-17(2,18)6-4-16/h3-6H2,1-2H3. The van der Waals surface area contributed by atoms with E-state index < -0.39 is 64.9 Å². The molecule has 0 atom stereocenters. The van der Waals surface area contributed by atoms with Gasteiger partial charge < -0.3 is 9.85 Å². The van der Waals surface area contributed by atoms with Gasteiger partial charge >= 0.3 is 17.1 Å². The van der Waals surface area contributed by atoms with Crippen molar-refractivity contribution in [2.24, 2.45) is 0 Å². The number of hydroxylamine groups is 3. The van der Waals surface area contributed by atoms with E-state index in [1.54, 1.807) is 0 Å². The molecular weight excluding hydrogens is 330 g/mol. The molecule has 0 N–H and O–H groups in total. The van der Waals surface area contributed by atoms with E-state index in [2.05, 4.69) is 0 Å². The van der Waals surface area contributed by atoms with E-state index >= 15 is 0 Å². The van der Waals surface area contributed by atoms with Crippen molar-refractivity contribution in [1.82, 2.24) is 4.31 Å². The van der Waals surface area contributed by atoms with Crippen LogP contribution in [0.4, 0.5) is 26.3 Å². The SMILES string of the molecule is CC(F)(F)C(F)(F)C(F)(F)S(=O)(=O)N1CC[N+](C)([O-])CC1. The summed E-state index contributed by atoms with van der Waals surface area (Å²) in [7, 11) is -4.88. The number of hydrogen-bond acceptors (Lipinski definition) is 3. The maximum absolute atomic E-state index is 13.5. The molecule has 1 heterocycles. The number of piperazine rings is 1. The topological polar surface area (TPSA) is 60.4 Å². The van der Waals surface area contributed by atoms with Gasteiger partial charge in [-0.2, -0.15) is 30.6 Å². The van der Waals surface area contributed by atoms with Gasteiger partial charge in [-0.25, -0.2) is 8.42 Å². The van der Waals surface area contributed by atoms with Gasteiger partial charge in [0.05, 0.1) is 33.2 Å². The molecule has 5 nitrogen and oxygen atoms in total. The van der Waals surface area contributed by atoms with E-state index in [1.807, 2.05) is 0 Å². The first kappa shape index (κ1) is 18.5. The highest BCUT2D eigenvalue weighted by molar-refractivity contribution is 7.90. The molecule has 1 rings (SSSR count). The van der Waals surface area contributed by atoms with Crippen LogP contribution in [0, 0.1) is 5.21 Å². The first-order chi connectivity index (χ1) is 9.06. The Morgan fingerprint density at radius 1 is 1.05 bits per heavy atom. The molecule has 0 spiro atoms. The molecule has 0 radical (unpaired) electrons. The van der Waals surface area contributed by atoms with Crippen LogP contribution in [0.25, 0.3) is 0 Å². The summed E-state index contributed by atoms with van der Waals surface area (Å²) in [5.74, 6) is -11.3. The Hall–Kier alpha value is -0.590. The van der Waals surface area contributed by atoms with Gasteiger partial charge in [-0.15, -0.1) is 0 Å². The Kier molecular flexibility index (Phi) is 4.36. The third kappa shape index (κ3) is 2.98. The van der Waals surface area contributed by atoms with Crippen LogP contribution in [0.1, 0.15) is 6.92 Å². The minimum atomic E-state index is -6.08. The monoisotopic (exact) mass is 344 g/mol. The average Bonchev–Trinajstić information content (AvgIpc) is 2.26. The third-order valence-corrected chi connectivity index (χ3v) is 5.17. The summed E-state index contributed by atoms with van der Waals surface area (Å²) in [6.07, 6.45) is 0. The molecule has 0 aromatic rings.